The summed E-state index contributed by atoms with van der Waals surface area (Å²) < 4.78 is 29.6. The number of benzene rings is 2. The Hall–Kier alpha value is -4.53. The van der Waals surface area contributed by atoms with E-state index in [-0.39, 0.29) is 66.0 Å². The monoisotopic (exact) mass is 772 g/mol. The second kappa shape index (κ2) is 16.5. The van der Waals surface area contributed by atoms with Crippen molar-refractivity contribution in [2.24, 2.45) is 11.8 Å². The van der Waals surface area contributed by atoms with Gasteiger partial charge in [0.05, 0.1) is 43.6 Å². The molecule has 1 aliphatic carbocycles. The van der Waals surface area contributed by atoms with Gasteiger partial charge in [-0.05, 0) is 94.1 Å². The number of carbonyl (C=O) groups is 3. The molecule has 1 saturated heterocycles. The number of aromatic amines is 1. The van der Waals surface area contributed by atoms with Gasteiger partial charge in [-0.25, -0.2) is 4.79 Å². The number of nitrogens with zero attached hydrogens (tertiary/aromatic N) is 1. The van der Waals surface area contributed by atoms with Gasteiger partial charge in [0, 0.05) is 61.4 Å². The number of likely N-dealkylation sites (tertiary alicyclic amines) is 1. The number of aliphatic hydroxyl groups excluding tert-OH is 2. The Morgan fingerprint density at radius 1 is 1.11 bits per heavy atom. The highest BCUT2D eigenvalue weighted by molar-refractivity contribution is 6.11. The highest BCUT2D eigenvalue weighted by atomic mass is 16.6. The second-order valence-electron chi connectivity index (χ2n) is 15.4. The minimum atomic E-state index is -1.26. The minimum absolute atomic E-state index is 0.00765. The SMILES string of the molecule is CCOC(=O)C1=C(C=O)/C(=C2\C[C@H](CO)C(=O)[C@@H](c3ccc4[nH]ccc4c3)C2)c2c(OC)c3c(c(CO)c2O1)O[C@H]([C@](C)(O)C1CCN(CCCOC)CC1)C3. The van der Waals surface area contributed by atoms with E-state index in [0.717, 1.165) is 55.4 Å². The lowest BCUT2D eigenvalue weighted by Gasteiger charge is -2.42. The van der Waals surface area contributed by atoms with Gasteiger partial charge in [0.2, 0.25) is 5.76 Å². The van der Waals surface area contributed by atoms with Gasteiger partial charge in [-0.1, -0.05) is 11.6 Å². The number of ketones is 1. The van der Waals surface area contributed by atoms with Crippen molar-refractivity contribution in [3.63, 3.8) is 0 Å². The van der Waals surface area contributed by atoms with Gasteiger partial charge in [-0.3, -0.25) is 9.59 Å². The van der Waals surface area contributed by atoms with E-state index in [4.69, 9.17) is 23.7 Å². The summed E-state index contributed by atoms with van der Waals surface area (Å²) in [6.07, 6.45) is 4.67. The van der Waals surface area contributed by atoms with E-state index < -0.39 is 42.7 Å². The second-order valence-corrected chi connectivity index (χ2v) is 15.4. The fourth-order valence-electron chi connectivity index (χ4n) is 9.24. The lowest BCUT2D eigenvalue weighted by atomic mass is 9.71. The number of aromatic nitrogens is 1. The molecule has 4 N–H and O–H groups in total. The highest BCUT2D eigenvalue weighted by Gasteiger charge is 2.49. The molecular weight excluding hydrogens is 720 g/mol. The van der Waals surface area contributed by atoms with E-state index in [9.17, 15) is 29.7 Å². The first kappa shape index (κ1) is 39.7. The molecule has 2 aromatic carbocycles. The summed E-state index contributed by atoms with van der Waals surface area (Å²) in [7, 11) is 3.19. The van der Waals surface area contributed by atoms with Crippen molar-refractivity contribution in [1.82, 2.24) is 9.88 Å². The van der Waals surface area contributed by atoms with Crippen LogP contribution in [0.3, 0.4) is 0 Å². The Labute approximate surface area is 326 Å². The van der Waals surface area contributed by atoms with Crippen LogP contribution in [0.25, 0.3) is 16.5 Å². The molecule has 0 unspecified atom stereocenters. The molecule has 2 fully saturated rings. The number of H-pyrrole nitrogens is 1. The molecule has 7 rings (SSSR count). The van der Waals surface area contributed by atoms with Crippen molar-refractivity contribution in [2.45, 2.75) is 76.6 Å². The molecule has 4 atom stereocenters. The summed E-state index contributed by atoms with van der Waals surface area (Å²) in [6, 6.07) is 7.66. The van der Waals surface area contributed by atoms with Crippen LogP contribution in [0.2, 0.25) is 0 Å². The van der Waals surface area contributed by atoms with Gasteiger partial charge in [0.1, 0.15) is 34.7 Å². The van der Waals surface area contributed by atoms with E-state index in [1.165, 1.54) is 7.11 Å². The van der Waals surface area contributed by atoms with Crippen LogP contribution in [0.15, 0.2) is 47.4 Å². The summed E-state index contributed by atoms with van der Waals surface area (Å²) in [5.74, 6) is -2.24. The zero-order valence-corrected chi connectivity index (χ0v) is 32.5. The number of Topliss-reactive ketones (excluding diaryl/α,β-unsaturated/α-hetero) is 1. The van der Waals surface area contributed by atoms with E-state index in [0.29, 0.717) is 40.9 Å². The maximum Gasteiger partial charge on any atom is 0.375 e. The zero-order valence-electron chi connectivity index (χ0n) is 32.5. The third-order valence-electron chi connectivity index (χ3n) is 12.2. The molecule has 1 saturated carbocycles. The van der Waals surface area contributed by atoms with Crippen LogP contribution in [0, 0.1) is 11.8 Å². The van der Waals surface area contributed by atoms with Crippen LogP contribution in [0.5, 0.6) is 17.2 Å². The maximum atomic E-state index is 14.0. The maximum absolute atomic E-state index is 14.0. The standard InChI is InChI=1S/C43H52N2O11/c1-5-54-42(50)41-31(22-47)35(26-18-27(21-46)37(49)29(19-26)24-7-8-33-25(17-24)9-12-44-33)36-39(53-4)30-20-34(55-38(30)32(23-48)40(36)56-41)43(2,51)28-10-14-45(15-11-28)13-6-16-52-3/h7-9,12,17,22,27-29,34,44,46,48,51H,5-6,10-11,13-16,18-21,23H2,1-4H3/b35-26-/t27-,29-,34+,43-/m1/s1. The number of methoxy groups -OCH3 is 2. The fourth-order valence-corrected chi connectivity index (χ4v) is 9.24. The molecule has 56 heavy (non-hydrogen) atoms. The molecule has 0 spiro atoms. The third-order valence-corrected chi connectivity index (χ3v) is 12.2. The first-order valence-corrected chi connectivity index (χ1v) is 19.6. The average Bonchev–Trinajstić information content (AvgIpc) is 3.88. The predicted octanol–water partition coefficient (Wildman–Crippen LogP) is 4.39. The summed E-state index contributed by atoms with van der Waals surface area (Å²) in [5, 5.41) is 34.7. The Kier molecular flexibility index (Phi) is 11.7. The van der Waals surface area contributed by atoms with Gasteiger partial charge >= 0.3 is 5.97 Å². The van der Waals surface area contributed by atoms with Gasteiger partial charge in [-0.2, -0.15) is 0 Å². The molecule has 0 amide bonds. The fraction of sp³-hybridized carbons (Fsp3) is 0.512. The number of piperidine rings is 1. The number of hydrogen-bond donors (Lipinski definition) is 4. The molecule has 13 nitrogen and oxygen atoms in total. The Balaban J connectivity index is 1.34. The largest absolute Gasteiger partial charge is 0.496 e. The number of aliphatic hydroxyl groups is 3. The van der Waals surface area contributed by atoms with Crippen LogP contribution >= 0.6 is 0 Å². The number of ether oxygens (including phenoxy) is 5. The molecule has 0 radical (unpaired) electrons. The number of nitrogens with one attached hydrogen (secondary N) is 1. The van der Waals surface area contributed by atoms with Crippen LogP contribution < -0.4 is 14.2 Å². The lowest BCUT2D eigenvalue weighted by Crippen LogP contribution is -2.52. The van der Waals surface area contributed by atoms with Crippen molar-refractivity contribution in [2.75, 3.05) is 53.7 Å². The number of esters is 1. The average molecular weight is 773 g/mol. The van der Waals surface area contributed by atoms with Crippen LogP contribution in [0.1, 0.15) is 74.1 Å². The number of rotatable bonds is 13. The number of fused-ring (bicyclic) bond motifs is 3. The van der Waals surface area contributed by atoms with Gasteiger partial charge in [-0.15, -0.1) is 0 Å². The summed E-state index contributed by atoms with van der Waals surface area (Å²) in [5.41, 5.74) is 2.44. The van der Waals surface area contributed by atoms with Gasteiger partial charge < -0.3 is 48.9 Å². The first-order chi connectivity index (χ1) is 27.1. The van der Waals surface area contributed by atoms with E-state index in [1.54, 1.807) is 21.0 Å². The van der Waals surface area contributed by atoms with Crippen molar-refractivity contribution in [1.29, 1.82) is 0 Å². The number of hydrogen-bond acceptors (Lipinski definition) is 12. The lowest BCUT2D eigenvalue weighted by molar-refractivity contribution is -0.141. The molecule has 3 aromatic rings. The first-order valence-electron chi connectivity index (χ1n) is 19.6. The highest BCUT2D eigenvalue weighted by Crippen LogP contribution is 2.57. The van der Waals surface area contributed by atoms with Crippen LogP contribution in [0.4, 0.5) is 0 Å². The van der Waals surface area contributed by atoms with E-state index >= 15 is 0 Å². The Morgan fingerprint density at radius 3 is 2.57 bits per heavy atom. The molecule has 1 aromatic heterocycles. The topological polar surface area (TPSA) is 177 Å². The van der Waals surface area contributed by atoms with E-state index in [2.05, 4.69) is 9.88 Å². The van der Waals surface area contributed by atoms with Gasteiger partial charge in [0.15, 0.2) is 6.29 Å². The normalized spacial score (nSPS) is 24.0. The van der Waals surface area contributed by atoms with Crippen LogP contribution in [-0.4, -0.2) is 109 Å². The zero-order chi connectivity index (χ0) is 39.7. The number of carbonyl (C=O) groups excluding carboxylic acids is 3. The molecular formula is C43H52N2O11. The minimum Gasteiger partial charge on any atom is -0.496 e. The van der Waals surface area contributed by atoms with E-state index in [1.807, 2.05) is 30.5 Å². The Bertz CT molecular complexity index is 2060. The number of aldehydes is 1. The molecule has 13 heteroatoms. The molecule has 0 bridgehead atoms. The third kappa shape index (κ3) is 7.04. The smallest absolute Gasteiger partial charge is 0.375 e. The van der Waals surface area contributed by atoms with Crippen LogP contribution in [-0.2, 0) is 36.9 Å². The summed E-state index contributed by atoms with van der Waals surface area (Å²) in [6.45, 7) is 5.76. The van der Waals surface area contributed by atoms with Crippen molar-refractivity contribution < 1.29 is 53.4 Å². The molecule has 300 valence electrons. The molecule has 4 aliphatic rings. The molecule has 4 heterocycles. The Morgan fingerprint density at radius 2 is 1.89 bits per heavy atom. The van der Waals surface area contributed by atoms with Crippen molar-refractivity contribution in [3.05, 3.63) is 69.6 Å². The molecule has 3 aliphatic heterocycles. The predicted molar refractivity (Wildman–Crippen MR) is 206 cm³/mol. The van der Waals surface area contributed by atoms with Crippen molar-refractivity contribution >= 4 is 34.5 Å². The van der Waals surface area contributed by atoms with Gasteiger partial charge in [0.25, 0.3) is 0 Å². The number of allylic oxidation sites excluding steroid dienone is 3. The summed E-state index contributed by atoms with van der Waals surface area (Å²) >= 11 is 0. The summed E-state index contributed by atoms with van der Waals surface area (Å²) in [4.78, 5) is 46.3. The van der Waals surface area contributed by atoms with Crippen molar-refractivity contribution in [3.8, 4) is 17.2 Å². The quantitative estimate of drug-likeness (QED) is 0.110.